The first-order valence-corrected chi connectivity index (χ1v) is 26.6. The first kappa shape index (κ1) is 40.2. The van der Waals surface area contributed by atoms with Crippen LogP contribution in [0.1, 0.15) is 137 Å². The van der Waals surface area contributed by atoms with Gasteiger partial charge in [0.05, 0.1) is 6.04 Å². The zero-order chi connectivity index (χ0) is 42.8. The molecule has 326 valence electrons. The molecule has 5 unspecified atom stereocenters. The number of fused-ring (bicyclic) bond motifs is 5. The molecule has 0 radical (unpaired) electrons. The van der Waals surface area contributed by atoms with Crippen molar-refractivity contribution < 1.29 is 0 Å². The van der Waals surface area contributed by atoms with Gasteiger partial charge in [-0.3, -0.25) is 0 Å². The van der Waals surface area contributed by atoms with Gasteiger partial charge in [0.15, 0.2) is 0 Å². The Hall–Kier alpha value is -5.05. The third-order valence-electron chi connectivity index (χ3n) is 17.0. The van der Waals surface area contributed by atoms with Gasteiger partial charge in [0.25, 0.3) is 0 Å². The van der Waals surface area contributed by atoms with Crippen molar-refractivity contribution >= 4 is 28.6 Å². The van der Waals surface area contributed by atoms with Crippen molar-refractivity contribution in [2.24, 2.45) is 17.8 Å². The number of rotatable bonds is 7. The highest BCUT2D eigenvalue weighted by molar-refractivity contribution is 8.04. The minimum Gasteiger partial charge on any atom is -0.374 e. The van der Waals surface area contributed by atoms with Crippen LogP contribution in [0.2, 0.25) is 0 Å². The molecule has 1 nitrogen and oxygen atoms in total. The summed E-state index contributed by atoms with van der Waals surface area (Å²) < 4.78 is 0. The Morgan fingerprint density at radius 3 is 2.37 bits per heavy atom. The molecule has 0 saturated carbocycles. The lowest BCUT2D eigenvalue weighted by Gasteiger charge is -2.34. The minimum absolute atomic E-state index is 0.105. The highest BCUT2D eigenvalue weighted by atomic mass is 32.2. The van der Waals surface area contributed by atoms with E-state index in [0.29, 0.717) is 28.9 Å². The lowest BCUT2D eigenvalue weighted by Crippen LogP contribution is -2.31. The Balaban J connectivity index is 0.921. The Bertz CT molecular complexity index is 2800. The molecule has 0 fully saturated rings. The number of dihydropyridines is 1. The van der Waals surface area contributed by atoms with E-state index in [-0.39, 0.29) is 6.04 Å². The standard InChI is InChI=1S/C63H63NS/c1-3-13-40(14-4-1)42-25-29-44(30-26-42)59-38-47(39-60(64-59)45-31-27-43(28-32-45)41-15-5-2-6-16-41)46-35-48(37-49(36-46)51-20-11-23-58-54-19-9-10-24-61(54)65-63(51)58)50-33-34-57-53-18-8-7-17-52(53)56-22-12-21-55(50)62(56)57/h7-9,12-13,15,17-21,25-27,29-32,35-36,38-39,43,48,54,56,60-61,64H,1-6,10-11,14,16,22-24,28,33-34,37H2/t43?,48?,54?,56?,60?,61-/m0/s1. The molecule has 2 aromatic rings. The van der Waals surface area contributed by atoms with E-state index in [0.717, 1.165) is 38.5 Å². The van der Waals surface area contributed by atoms with Gasteiger partial charge >= 0.3 is 0 Å². The maximum absolute atomic E-state index is 4.11. The molecule has 1 N–H and O–H groups in total. The van der Waals surface area contributed by atoms with E-state index in [1.54, 1.807) is 55.1 Å². The molecule has 65 heavy (non-hydrogen) atoms. The molecule has 2 aromatic carbocycles. The summed E-state index contributed by atoms with van der Waals surface area (Å²) >= 11 is 2.22. The number of allylic oxidation sites excluding steroid dienone is 23. The average Bonchev–Trinajstić information content (AvgIpc) is 3.93. The fraction of sp³-hybridized carbons (Fsp3) is 0.365. The first-order chi connectivity index (χ1) is 32.2. The van der Waals surface area contributed by atoms with Gasteiger partial charge < -0.3 is 5.32 Å². The molecule has 6 atom stereocenters. The molecular weight excluding hydrogens is 803 g/mol. The maximum atomic E-state index is 4.11. The van der Waals surface area contributed by atoms with Crippen molar-refractivity contribution in [3.05, 3.63) is 216 Å². The van der Waals surface area contributed by atoms with E-state index in [4.69, 9.17) is 0 Å². The van der Waals surface area contributed by atoms with Gasteiger partial charge in [-0.15, -0.1) is 11.8 Å². The van der Waals surface area contributed by atoms with Crippen LogP contribution in [0.4, 0.5) is 0 Å². The van der Waals surface area contributed by atoms with Gasteiger partial charge in [0.1, 0.15) is 0 Å². The molecule has 0 saturated heterocycles. The highest BCUT2D eigenvalue weighted by Crippen LogP contribution is 2.58. The Kier molecular flexibility index (Phi) is 10.5. The number of hydrogen-bond donors (Lipinski definition) is 1. The monoisotopic (exact) mass is 865 g/mol. The fourth-order valence-electron chi connectivity index (χ4n) is 13.7. The molecule has 0 spiro atoms. The van der Waals surface area contributed by atoms with Crippen LogP contribution in [0.3, 0.4) is 0 Å². The molecule has 11 aliphatic rings. The third kappa shape index (κ3) is 7.29. The van der Waals surface area contributed by atoms with Crippen LogP contribution in [0.5, 0.6) is 0 Å². The maximum Gasteiger partial charge on any atom is 0.0704 e. The largest absolute Gasteiger partial charge is 0.374 e. The summed E-state index contributed by atoms with van der Waals surface area (Å²) in [6.45, 7) is 0. The van der Waals surface area contributed by atoms with Crippen molar-refractivity contribution in [2.45, 2.75) is 126 Å². The van der Waals surface area contributed by atoms with Crippen LogP contribution >= 0.6 is 11.8 Å². The van der Waals surface area contributed by atoms with Gasteiger partial charge in [-0.1, -0.05) is 133 Å². The lowest BCUT2D eigenvalue weighted by molar-refractivity contribution is 0.612. The van der Waals surface area contributed by atoms with Crippen LogP contribution in [0.25, 0.3) is 16.8 Å². The second-order valence-corrected chi connectivity index (χ2v) is 21.9. The summed E-state index contributed by atoms with van der Waals surface area (Å²) in [6, 6.07) is 19.0. The Labute approximate surface area is 392 Å². The molecule has 2 aliphatic heterocycles. The number of hydrogen-bond acceptors (Lipinski definition) is 2. The van der Waals surface area contributed by atoms with Crippen LogP contribution in [0.15, 0.2) is 194 Å². The van der Waals surface area contributed by atoms with E-state index in [9.17, 15) is 0 Å². The molecule has 0 aromatic heterocycles. The van der Waals surface area contributed by atoms with E-state index >= 15 is 0 Å². The van der Waals surface area contributed by atoms with Crippen molar-refractivity contribution in [1.29, 1.82) is 0 Å². The second kappa shape index (κ2) is 17.0. The number of benzene rings is 2. The van der Waals surface area contributed by atoms with Gasteiger partial charge in [-0.25, -0.2) is 0 Å². The lowest BCUT2D eigenvalue weighted by atomic mass is 9.71. The molecule has 13 rings (SSSR count). The van der Waals surface area contributed by atoms with E-state index < -0.39 is 0 Å². The van der Waals surface area contributed by atoms with Gasteiger partial charge in [-0.05, 0) is 199 Å². The van der Waals surface area contributed by atoms with Crippen molar-refractivity contribution in [1.82, 2.24) is 5.32 Å². The summed E-state index contributed by atoms with van der Waals surface area (Å²) in [4.78, 5) is 1.63. The van der Waals surface area contributed by atoms with Crippen molar-refractivity contribution in [3.8, 4) is 0 Å². The van der Waals surface area contributed by atoms with Crippen molar-refractivity contribution in [2.75, 3.05) is 0 Å². The minimum atomic E-state index is 0.105. The van der Waals surface area contributed by atoms with Gasteiger partial charge in [-0.2, -0.15) is 0 Å². The fourth-order valence-corrected chi connectivity index (χ4v) is 15.4. The molecule has 0 amide bonds. The number of thioether (sulfide) groups is 1. The SMILES string of the molecule is C1=CC2C3=C(S[C@H]2CC1)C(C1=CC(C2=CC(C4=CCC(C5=CCCCC5)C=C4)NC(c4ccc(C5=CCCCC5)cc4)=C2)=CC(C2=C4C=CCC5C4=C(CC2)c2ccccc25)C1)=CCC3. The molecule has 9 aliphatic carbocycles. The van der Waals surface area contributed by atoms with Crippen molar-refractivity contribution in [3.63, 3.8) is 0 Å². The second-order valence-electron chi connectivity index (χ2n) is 20.7. The Morgan fingerprint density at radius 2 is 1.51 bits per heavy atom. The average molecular weight is 866 g/mol. The summed E-state index contributed by atoms with van der Waals surface area (Å²) in [7, 11) is 0. The first-order valence-electron chi connectivity index (χ1n) is 25.7. The predicted molar refractivity (Wildman–Crippen MR) is 276 cm³/mol. The summed E-state index contributed by atoms with van der Waals surface area (Å²) in [6.07, 6.45) is 56.5. The van der Waals surface area contributed by atoms with Crippen LogP contribution in [-0.2, 0) is 0 Å². The summed E-state index contributed by atoms with van der Waals surface area (Å²) in [5.74, 6) is 2.03. The summed E-state index contributed by atoms with van der Waals surface area (Å²) in [5, 5.41) is 4.81. The quantitative estimate of drug-likeness (QED) is 0.278. The van der Waals surface area contributed by atoms with Gasteiger partial charge in [0, 0.05) is 39.5 Å². The van der Waals surface area contributed by atoms with Gasteiger partial charge in [0.2, 0.25) is 0 Å². The molecule has 2 heterocycles. The summed E-state index contributed by atoms with van der Waals surface area (Å²) in [5.41, 5.74) is 25.7. The van der Waals surface area contributed by atoms with E-state index in [1.165, 1.54) is 115 Å². The topological polar surface area (TPSA) is 12.0 Å². The van der Waals surface area contributed by atoms with Crippen LogP contribution in [0, 0.1) is 17.8 Å². The van der Waals surface area contributed by atoms with Crippen LogP contribution in [-0.4, -0.2) is 11.3 Å². The molecule has 2 heteroatoms. The van der Waals surface area contributed by atoms with Crippen LogP contribution < -0.4 is 5.32 Å². The highest BCUT2D eigenvalue weighted by Gasteiger charge is 2.41. The van der Waals surface area contributed by atoms with E-state index in [1.807, 2.05) is 0 Å². The third-order valence-corrected chi connectivity index (χ3v) is 18.5. The predicted octanol–water partition coefficient (Wildman–Crippen LogP) is 16.4. The zero-order valence-corrected chi connectivity index (χ0v) is 38.9. The zero-order valence-electron chi connectivity index (χ0n) is 38.1. The molecule has 0 bridgehead atoms. The normalized spacial score (nSPS) is 30.2. The number of nitrogens with one attached hydrogen (secondary N) is 1. The van der Waals surface area contributed by atoms with E-state index in [2.05, 4.69) is 151 Å². The Morgan fingerprint density at radius 1 is 0.631 bits per heavy atom. The smallest absolute Gasteiger partial charge is 0.0704 e. The molecular formula is C63H63NS.